The number of carbonyl (C=O) groups excluding carboxylic acids is 2. The zero-order valence-corrected chi connectivity index (χ0v) is 14.0. The number of hydrogen-bond donors (Lipinski definition) is 2. The highest BCUT2D eigenvalue weighted by molar-refractivity contribution is 6.00. The second kappa shape index (κ2) is 8.33. The van der Waals surface area contributed by atoms with Gasteiger partial charge in [-0.1, -0.05) is 24.6 Å². The Hall–Kier alpha value is -2.82. The van der Waals surface area contributed by atoms with E-state index in [9.17, 15) is 9.59 Å². The maximum absolute atomic E-state index is 12.2. The summed E-state index contributed by atoms with van der Waals surface area (Å²) >= 11 is 0. The number of hydrogen-bond acceptors (Lipinski definition) is 3. The summed E-state index contributed by atoms with van der Waals surface area (Å²) < 4.78 is 5.54. The summed E-state index contributed by atoms with van der Waals surface area (Å²) in [6, 6.07) is 15.6. The van der Waals surface area contributed by atoms with E-state index in [1.54, 1.807) is 24.3 Å². The molecule has 25 heavy (non-hydrogen) atoms. The first kappa shape index (κ1) is 17.0. The molecule has 0 spiro atoms. The summed E-state index contributed by atoms with van der Waals surface area (Å²) in [7, 11) is 0. The van der Waals surface area contributed by atoms with E-state index < -0.39 is 0 Å². The molecule has 0 heterocycles. The first-order valence-corrected chi connectivity index (χ1v) is 8.65. The molecule has 0 unspecified atom stereocenters. The first-order valence-electron chi connectivity index (χ1n) is 8.65. The molecule has 5 heteroatoms. The van der Waals surface area contributed by atoms with Crippen LogP contribution in [0.5, 0.6) is 0 Å². The first-order chi connectivity index (χ1) is 12.2. The van der Waals surface area contributed by atoms with Crippen LogP contribution in [0.25, 0.3) is 0 Å². The molecule has 130 valence electrons. The number of ether oxygens (including phenoxy) is 1. The highest BCUT2D eigenvalue weighted by Gasteiger charge is 2.18. The van der Waals surface area contributed by atoms with Gasteiger partial charge in [-0.25, -0.2) is 9.59 Å². The van der Waals surface area contributed by atoms with Gasteiger partial charge in [0.2, 0.25) is 0 Å². The number of carbonyl (C=O) groups is 2. The third-order valence-electron chi connectivity index (χ3n) is 4.24. The minimum Gasteiger partial charge on any atom is -0.459 e. The van der Waals surface area contributed by atoms with Gasteiger partial charge in [-0.15, -0.1) is 0 Å². The van der Waals surface area contributed by atoms with Crippen molar-refractivity contribution >= 4 is 23.4 Å². The Balaban J connectivity index is 1.52. The van der Waals surface area contributed by atoms with Crippen LogP contribution in [0.1, 0.15) is 42.5 Å². The van der Waals surface area contributed by atoms with Gasteiger partial charge >= 0.3 is 12.0 Å². The smallest absolute Gasteiger partial charge is 0.338 e. The molecule has 1 aliphatic carbocycles. The van der Waals surface area contributed by atoms with Gasteiger partial charge in [0.25, 0.3) is 0 Å². The Morgan fingerprint density at radius 3 is 2.04 bits per heavy atom. The second-order valence-electron chi connectivity index (χ2n) is 6.19. The van der Waals surface area contributed by atoms with Crippen LogP contribution in [-0.4, -0.2) is 18.1 Å². The minimum absolute atomic E-state index is 0.0377. The van der Waals surface area contributed by atoms with Gasteiger partial charge in [-0.2, -0.15) is 0 Å². The molecule has 2 amide bonds. The van der Waals surface area contributed by atoms with Crippen LogP contribution in [0.3, 0.4) is 0 Å². The lowest BCUT2D eigenvalue weighted by atomic mass is 9.98. The van der Waals surface area contributed by atoms with E-state index in [1.807, 2.05) is 30.3 Å². The van der Waals surface area contributed by atoms with E-state index in [-0.39, 0.29) is 18.1 Å². The fraction of sp³-hybridized carbons (Fsp3) is 0.300. The number of para-hydroxylation sites is 1. The molecule has 2 N–H and O–H groups in total. The molecule has 1 saturated carbocycles. The van der Waals surface area contributed by atoms with Crippen LogP contribution in [-0.2, 0) is 4.74 Å². The molecule has 0 aromatic heterocycles. The van der Waals surface area contributed by atoms with Crippen molar-refractivity contribution in [1.29, 1.82) is 0 Å². The zero-order valence-electron chi connectivity index (χ0n) is 14.0. The Labute approximate surface area is 147 Å². The molecule has 0 atom stereocenters. The molecule has 0 saturated heterocycles. The molecule has 2 aromatic rings. The summed E-state index contributed by atoms with van der Waals surface area (Å²) in [6.45, 7) is 0. The molecule has 0 aliphatic heterocycles. The predicted octanol–water partition coefficient (Wildman–Crippen LogP) is 4.82. The van der Waals surface area contributed by atoms with Crippen LogP contribution in [0.15, 0.2) is 54.6 Å². The highest BCUT2D eigenvalue weighted by Crippen LogP contribution is 2.22. The third kappa shape index (κ3) is 5.08. The average Bonchev–Trinajstić information content (AvgIpc) is 2.64. The number of rotatable bonds is 4. The second-order valence-corrected chi connectivity index (χ2v) is 6.19. The summed E-state index contributed by atoms with van der Waals surface area (Å²) in [6.07, 6.45) is 5.40. The van der Waals surface area contributed by atoms with Crippen molar-refractivity contribution in [2.75, 3.05) is 10.6 Å². The van der Waals surface area contributed by atoms with Crippen LogP contribution in [0.4, 0.5) is 16.2 Å². The predicted molar refractivity (Wildman–Crippen MR) is 97.8 cm³/mol. The Bertz CT molecular complexity index is 707. The highest BCUT2D eigenvalue weighted by atomic mass is 16.5. The molecule has 2 aromatic carbocycles. The van der Waals surface area contributed by atoms with Crippen molar-refractivity contribution in [1.82, 2.24) is 0 Å². The maximum atomic E-state index is 12.2. The van der Waals surface area contributed by atoms with E-state index in [1.165, 1.54) is 6.42 Å². The van der Waals surface area contributed by atoms with E-state index in [4.69, 9.17) is 4.74 Å². The Morgan fingerprint density at radius 1 is 0.800 bits per heavy atom. The standard InChI is InChI=1S/C20H22N2O3/c23-19(25-18-9-5-2-6-10-18)15-11-13-17(14-12-15)22-20(24)21-16-7-3-1-4-8-16/h1,3-4,7-8,11-14,18H,2,5-6,9-10H2,(H2,21,22,24). The number of benzene rings is 2. The van der Waals surface area contributed by atoms with Crippen LogP contribution in [0.2, 0.25) is 0 Å². The van der Waals surface area contributed by atoms with Crippen molar-refractivity contribution in [2.45, 2.75) is 38.2 Å². The molecule has 1 fully saturated rings. The fourth-order valence-electron chi connectivity index (χ4n) is 2.91. The molecule has 0 radical (unpaired) electrons. The van der Waals surface area contributed by atoms with E-state index in [0.717, 1.165) is 25.7 Å². The monoisotopic (exact) mass is 338 g/mol. The molecular formula is C20H22N2O3. The van der Waals surface area contributed by atoms with Gasteiger partial charge in [0, 0.05) is 11.4 Å². The molecule has 0 bridgehead atoms. The lowest BCUT2D eigenvalue weighted by Gasteiger charge is -2.21. The van der Waals surface area contributed by atoms with Crippen molar-refractivity contribution < 1.29 is 14.3 Å². The summed E-state index contributed by atoms with van der Waals surface area (Å²) in [5.41, 5.74) is 1.83. The van der Waals surface area contributed by atoms with E-state index in [2.05, 4.69) is 10.6 Å². The lowest BCUT2D eigenvalue weighted by Crippen LogP contribution is -2.21. The maximum Gasteiger partial charge on any atom is 0.338 e. The number of esters is 1. The SMILES string of the molecule is O=C(Nc1ccccc1)Nc1ccc(C(=O)OC2CCCCC2)cc1. The number of anilines is 2. The Morgan fingerprint density at radius 2 is 1.40 bits per heavy atom. The van der Waals surface area contributed by atoms with Gasteiger partial charge in [0.1, 0.15) is 6.10 Å². The van der Waals surface area contributed by atoms with Gasteiger partial charge in [-0.05, 0) is 62.1 Å². The van der Waals surface area contributed by atoms with Gasteiger partial charge in [0.15, 0.2) is 0 Å². The molecule has 1 aliphatic rings. The van der Waals surface area contributed by atoms with Crippen LogP contribution in [0, 0.1) is 0 Å². The fourth-order valence-corrected chi connectivity index (χ4v) is 2.91. The van der Waals surface area contributed by atoms with Gasteiger partial charge in [-0.3, -0.25) is 0 Å². The summed E-state index contributed by atoms with van der Waals surface area (Å²) in [5.74, 6) is -0.299. The topological polar surface area (TPSA) is 67.4 Å². The Kier molecular flexibility index (Phi) is 5.67. The lowest BCUT2D eigenvalue weighted by molar-refractivity contribution is 0.0211. The van der Waals surface area contributed by atoms with Crippen LogP contribution < -0.4 is 10.6 Å². The molecular weight excluding hydrogens is 316 g/mol. The van der Waals surface area contributed by atoms with Crippen molar-refractivity contribution in [3.8, 4) is 0 Å². The van der Waals surface area contributed by atoms with Crippen LogP contribution >= 0.6 is 0 Å². The van der Waals surface area contributed by atoms with Crippen molar-refractivity contribution in [2.24, 2.45) is 0 Å². The normalized spacial score (nSPS) is 14.6. The molecule has 5 nitrogen and oxygen atoms in total. The largest absolute Gasteiger partial charge is 0.459 e. The van der Waals surface area contributed by atoms with Gasteiger partial charge < -0.3 is 15.4 Å². The minimum atomic E-state index is -0.330. The zero-order chi connectivity index (χ0) is 17.5. The quantitative estimate of drug-likeness (QED) is 0.785. The number of urea groups is 1. The van der Waals surface area contributed by atoms with E-state index in [0.29, 0.717) is 16.9 Å². The average molecular weight is 338 g/mol. The summed E-state index contributed by atoms with van der Waals surface area (Å²) in [4.78, 5) is 24.1. The van der Waals surface area contributed by atoms with Gasteiger partial charge in [0.05, 0.1) is 5.56 Å². The van der Waals surface area contributed by atoms with Crippen molar-refractivity contribution in [3.63, 3.8) is 0 Å². The molecule has 3 rings (SSSR count). The van der Waals surface area contributed by atoms with E-state index >= 15 is 0 Å². The number of nitrogens with one attached hydrogen (secondary N) is 2. The van der Waals surface area contributed by atoms with Crippen molar-refractivity contribution in [3.05, 3.63) is 60.2 Å². The summed E-state index contributed by atoms with van der Waals surface area (Å²) in [5, 5.41) is 5.48. The number of amides is 2. The third-order valence-corrected chi connectivity index (χ3v) is 4.24.